The van der Waals surface area contributed by atoms with Crippen LogP contribution in [0.2, 0.25) is 0 Å². The van der Waals surface area contributed by atoms with Crippen molar-refractivity contribution in [2.45, 2.75) is 16.3 Å². The highest BCUT2D eigenvalue weighted by molar-refractivity contribution is 14.1. The average Bonchev–Trinajstić information content (AvgIpc) is 2.47. The number of hydrogen-bond acceptors (Lipinski definition) is 3. The average molecular weight is 367 g/mol. The zero-order valence-corrected chi connectivity index (χ0v) is 12.7. The predicted octanol–water partition coefficient (Wildman–Crippen LogP) is 3.22. The molecule has 1 aliphatic rings. The number of hydrogen-bond donors (Lipinski definition) is 0. The molecule has 0 saturated heterocycles. The Kier molecular flexibility index (Phi) is 4.25. The van der Waals surface area contributed by atoms with E-state index in [1.807, 2.05) is 42.5 Å². The van der Waals surface area contributed by atoms with Crippen molar-refractivity contribution in [2.75, 3.05) is 7.11 Å². The van der Waals surface area contributed by atoms with Crippen molar-refractivity contribution in [3.8, 4) is 6.07 Å². The number of methoxy groups -OCH3 is 1. The van der Waals surface area contributed by atoms with Crippen LogP contribution in [-0.4, -0.2) is 17.0 Å². The van der Waals surface area contributed by atoms with Crippen molar-refractivity contribution < 1.29 is 9.53 Å². The first-order chi connectivity index (χ1) is 9.16. The lowest BCUT2D eigenvalue weighted by Crippen LogP contribution is -2.45. The van der Waals surface area contributed by atoms with Crippen LogP contribution in [0.1, 0.15) is 17.9 Å². The van der Waals surface area contributed by atoms with Gasteiger partial charge in [0, 0.05) is 9.84 Å². The van der Waals surface area contributed by atoms with E-state index in [0.29, 0.717) is 6.42 Å². The molecule has 0 spiro atoms. The summed E-state index contributed by atoms with van der Waals surface area (Å²) >= 11 is 2.18. The lowest BCUT2D eigenvalue weighted by molar-refractivity contribution is -0.150. The van der Waals surface area contributed by atoms with Gasteiger partial charge in [-0.3, -0.25) is 4.79 Å². The van der Waals surface area contributed by atoms with E-state index in [4.69, 9.17) is 4.74 Å². The summed E-state index contributed by atoms with van der Waals surface area (Å²) in [5.41, 5.74) is -0.183. The van der Waals surface area contributed by atoms with Gasteiger partial charge >= 0.3 is 5.97 Å². The van der Waals surface area contributed by atoms with E-state index in [1.54, 1.807) is 0 Å². The molecule has 1 aliphatic carbocycles. The fraction of sp³-hybridized carbons (Fsp3) is 0.333. The first-order valence-corrected chi connectivity index (χ1v) is 7.26. The molecule has 3 atom stereocenters. The lowest BCUT2D eigenvalue weighted by Gasteiger charge is -2.37. The van der Waals surface area contributed by atoms with Gasteiger partial charge < -0.3 is 4.74 Å². The molecular formula is C15H14INO2. The van der Waals surface area contributed by atoms with Gasteiger partial charge in [0.05, 0.1) is 13.2 Å². The number of halogens is 1. The minimum atomic E-state index is -1.15. The molecule has 3 nitrogen and oxygen atoms in total. The maximum Gasteiger partial charge on any atom is 0.328 e. The highest BCUT2D eigenvalue weighted by atomic mass is 127. The number of ether oxygens (including phenoxy) is 1. The molecule has 0 bridgehead atoms. The van der Waals surface area contributed by atoms with Crippen LogP contribution < -0.4 is 0 Å². The molecule has 0 saturated carbocycles. The van der Waals surface area contributed by atoms with Gasteiger partial charge in [0.1, 0.15) is 0 Å². The van der Waals surface area contributed by atoms with E-state index in [9.17, 15) is 10.1 Å². The van der Waals surface area contributed by atoms with E-state index in [1.165, 1.54) is 7.11 Å². The number of benzene rings is 1. The Hall–Kier alpha value is -1.35. The van der Waals surface area contributed by atoms with Crippen molar-refractivity contribution in [3.63, 3.8) is 0 Å². The Morgan fingerprint density at radius 3 is 2.74 bits per heavy atom. The van der Waals surface area contributed by atoms with Gasteiger partial charge in [-0.2, -0.15) is 5.26 Å². The largest absolute Gasteiger partial charge is 0.468 e. The second-order valence-corrected chi connectivity index (χ2v) is 6.00. The third-order valence-corrected chi connectivity index (χ3v) is 5.01. The van der Waals surface area contributed by atoms with E-state index in [-0.39, 0.29) is 9.84 Å². The van der Waals surface area contributed by atoms with E-state index in [0.717, 1.165) is 5.56 Å². The smallest absolute Gasteiger partial charge is 0.328 e. The maximum absolute atomic E-state index is 12.2. The molecule has 0 heterocycles. The zero-order chi connectivity index (χ0) is 13.9. The third kappa shape index (κ3) is 2.27. The zero-order valence-electron chi connectivity index (χ0n) is 10.5. The van der Waals surface area contributed by atoms with Crippen LogP contribution in [0.25, 0.3) is 0 Å². The van der Waals surface area contributed by atoms with Crippen LogP contribution in [0, 0.1) is 16.7 Å². The van der Waals surface area contributed by atoms with Gasteiger partial charge in [-0.15, -0.1) is 0 Å². The van der Waals surface area contributed by atoms with Gasteiger partial charge in [-0.1, -0.05) is 65.1 Å². The Bertz CT molecular complexity index is 535. The molecule has 0 amide bonds. The Balaban J connectivity index is 2.56. The number of carbonyl (C=O) groups is 1. The topological polar surface area (TPSA) is 50.1 Å². The molecule has 0 aromatic heterocycles. The molecule has 0 radical (unpaired) electrons. The summed E-state index contributed by atoms with van der Waals surface area (Å²) in [5, 5.41) is 9.66. The van der Waals surface area contributed by atoms with Gasteiger partial charge in [0.15, 0.2) is 5.41 Å². The van der Waals surface area contributed by atoms with E-state index < -0.39 is 11.4 Å². The fourth-order valence-corrected chi connectivity index (χ4v) is 3.58. The van der Waals surface area contributed by atoms with Crippen molar-refractivity contribution in [3.05, 3.63) is 48.0 Å². The molecule has 1 aromatic rings. The molecule has 0 N–H and O–H groups in total. The molecule has 4 heteroatoms. The monoisotopic (exact) mass is 367 g/mol. The molecule has 98 valence electrons. The van der Waals surface area contributed by atoms with E-state index in [2.05, 4.69) is 28.7 Å². The molecule has 0 aliphatic heterocycles. The molecule has 0 fully saturated rings. The van der Waals surface area contributed by atoms with Gasteiger partial charge in [-0.05, 0) is 12.0 Å². The highest BCUT2D eigenvalue weighted by Crippen LogP contribution is 2.48. The Morgan fingerprint density at radius 1 is 1.47 bits per heavy atom. The summed E-state index contributed by atoms with van der Waals surface area (Å²) in [6.07, 6.45) is 4.69. The minimum absolute atomic E-state index is 0.0993. The van der Waals surface area contributed by atoms with Crippen LogP contribution >= 0.6 is 22.6 Å². The minimum Gasteiger partial charge on any atom is -0.468 e. The quantitative estimate of drug-likeness (QED) is 0.349. The molecular weight excluding hydrogens is 353 g/mol. The Morgan fingerprint density at radius 2 is 2.16 bits per heavy atom. The number of nitriles is 1. The van der Waals surface area contributed by atoms with Crippen LogP contribution in [-0.2, 0) is 9.53 Å². The van der Waals surface area contributed by atoms with Crippen LogP contribution in [0.4, 0.5) is 0 Å². The summed E-state index contributed by atoms with van der Waals surface area (Å²) in [4.78, 5) is 12.2. The van der Waals surface area contributed by atoms with Gasteiger partial charge in [0.2, 0.25) is 0 Å². The standard InChI is InChI=1S/C15H14INO2/c1-19-14(18)15(10-17)12(8-5-9-13(15)16)11-6-3-2-4-7-11/h2-8,12-13H,9H2,1H3/t12-,13-,15?/m0/s1. The van der Waals surface area contributed by atoms with Crippen molar-refractivity contribution in [1.82, 2.24) is 0 Å². The van der Waals surface area contributed by atoms with Crippen molar-refractivity contribution in [2.24, 2.45) is 5.41 Å². The normalized spacial score (nSPS) is 29.5. The summed E-state index contributed by atoms with van der Waals surface area (Å²) in [6, 6.07) is 11.9. The van der Waals surface area contributed by atoms with E-state index >= 15 is 0 Å². The van der Waals surface area contributed by atoms with Gasteiger partial charge in [-0.25, -0.2) is 0 Å². The second kappa shape index (κ2) is 5.74. The van der Waals surface area contributed by atoms with Crippen LogP contribution in [0.15, 0.2) is 42.5 Å². The first-order valence-electron chi connectivity index (χ1n) is 6.02. The number of nitrogens with zero attached hydrogens (tertiary/aromatic N) is 1. The summed E-state index contributed by atoms with van der Waals surface area (Å²) < 4.78 is 4.81. The highest BCUT2D eigenvalue weighted by Gasteiger charge is 2.53. The number of rotatable bonds is 2. The van der Waals surface area contributed by atoms with Crippen molar-refractivity contribution >= 4 is 28.6 Å². The molecule has 19 heavy (non-hydrogen) atoms. The SMILES string of the molecule is COC(=O)C1(C#N)[C@@H](I)CC=C[C@H]1c1ccccc1. The predicted molar refractivity (Wildman–Crippen MR) is 80.8 cm³/mol. The first kappa shape index (κ1) is 14.1. The molecule has 1 aromatic carbocycles. The summed E-state index contributed by atoms with van der Waals surface area (Å²) in [6.45, 7) is 0. The number of allylic oxidation sites excluding steroid dienone is 2. The summed E-state index contributed by atoms with van der Waals surface area (Å²) in [5.74, 6) is -0.714. The van der Waals surface area contributed by atoms with Crippen LogP contribution in [0.3, 0.4) is 0 Å². The lowest BCUT2D eigenvalue weighted by atomic mass is 9.67. The summed E-state index contributed by atoms with van der Waals surface area (Å²) in [7, 11) is 1.34. The third-order valence-electron chi connectivity index (χ3n) is 3.52. The maximum atomic E-state index is 12.2. The number of carbonyl (C=O) groups excluding carboxylic acids is 1. The van der Waals surface area contributed by atoms with Crippen LogP contribution in [0.5, 0.6) is 0 Å². The second-order valence-electron chi connectivity index (χ2n) is 4.49. The van der Waals surface area contributed by atoms with Gasteiger partial charge in [0.25, 0.3) is 0 Å². The number of esters is 1. The Labute approximate surface area is 126 Å². The number of alkyl halides is 1. The molecule has 1 unspecified atom stereocenters. The van der Waals surface area contributed by atoms with Crippen molar-refractivity contribution in [1.29, 1.82) is 5.26 Å². The molecule has 2 rings (SSSR count). The fourth-order valence-electron chi connectivity index (χ4n) is 2.51.